The molecule has 8 nitrogen and oxygen atoms in total. The molecule has 2 fully saturated rings. The summed E-state index contributed by atoms with van der Waals surface area (Å²) < 4.78 is 0. The maximum Gasteiger partial charge on any atom is 0.334 e. The number of benzene rings is 3. The predicted octanol–water partition coefficient (Wildman–Crippen LogP) is 3.43. The van der Waals surface area contributed by atoms with Gasteiger partial charge in [0.25, 0.3) is 0 Å². The van der Waals surface area contributed by atoms with Crippen LogP contribution < -0.4 is 5.32 Å². The van der Waals surface area contributed by atoms with Crippen LogP contribution in [0.1, 0.15) is 29.2 Å². The Morgan fingerprint density at radius 3 is 2.13 bits per heavy atom. The third-order valence-electron chi connectivity index (χ3n) is 7.18. The molecule has 0 radical (unpaired) electrons. The van der Waals surface area contributed by atoms with Crippen LogP contribution in [-0.4, -0.2) is 70.5 Å². The number of hydrogen-bond donors (Lipinski definition) is 1. The van der Waals surface area contributed by atoms with Crippen LogP contribution in [-0.2, 0) is 22.6 Å². The van der Waals surface area contributed by atoms with E-state index in [1.807, 2.05) is 83.8 Å². The molecule has 0 spiro atoms. The number of piperazine rings is 1. The van der Waals surface area contributed by atoms with Crippen LogP contribution >= 0.6 is 0 Å². The van der Waals surface area contributed by atoms with E-state index in [0.717, 1.165) is 24.0 Å². The van der Waals surface area contributed by atoms with E-state index < -0.39 is 12.2 Å². The summed E-state index contributed by atoms with van der Waals surface area (Å²) in [7, 11) is 1.74. The number of carbonyl (C=O) groups is 3. The number of carbonyl (C=O) groups excluding carboxylic acids is 3. The summed E-state index contributed by atoms with van der Waals surface area (Å²) in [5.41, 5.74) is 2.95. The number of fused-ring (bicyclic) bond motifs is 1. The lowest BCUT2D eigenvalue weighted by Crippen LogP contribution is -2.73. The highest BCUT2D eigenvalue weighted by atomic mass is 16.2. The second-order valence-electron chi connectivity index (χ2n) is 9.77. The van der Waals surface area contributed by atoms with Crippen molar-refractivity contribution in [3.05, 3.63) is 108 Å². The second kappa shape index (κ2) is 11.5. The maximum absolute atomic E-state index is 13.8. The van der Waals surface area contributed by atoms with E-state index in [0.29, 0.717) is 13.1 Å². The molecule has 5 rings (SSSR count). The number of hydrazine groups is 1. The predicted molar refractivity (Wildman–Crippen MR) is 144 cm³/mol. The van der Waals surface area contributed by atoms with E-state index in [1.165, 1.54) is 5.56 Å². The van der Waals surface area contributed by atoms with Gasteiger partial charge < -0.3 is 15.1 Å². The van der Waals surface area contributed by atoms with Gasteiger partial charge in [0.05, 0.1) is 13.1 Å². The zero-order chi connectivity index (χ0) is 26.5. The van der Waals surface area contributed by atoms with E-state index >= 15 is 0 Å². The minimum absolute atomic E-state index is 0.0138. The van der Waals surface area contributed by atoms with Gasteiger partial charge in [0.1, 0.15) is 12.2 Å². The summed E-state index contributed by atoms with van der Waals surface area (Å²) in [6, 6.07) is 28.2. The van der Waals surface area contributed by atoms with Gasteiger partial charge in [-0.15, -0.1) is 0 Å². The summed E-state index contributed by atoms with van der Waals surface area (Å²) in [4.78, 5) is 44.1. The Balaban J connectivity index is 1.40. The third kappa shape index (κ3) is 5.40. The van der Waals surface area contributed by atoms with E-state index in [4.69, 9.17) is 0 Å². The largest absolute Gasteiger partial charge is 0.337 e. The lowest BCUT2D eigenvalue weighted by Gasteiger charge is -2.54. The first-order valence-electron chi connectivity index (χ1n) is 13.0. The van der Waals surface area contributed by atoms with Crippen LogP contribution in [0.25, 0.3) is 0 Å². The monoisotopic (exact) mass is 511 g/mol. The van der Waals surface area contributed by atoms with Crippen molar-refractivity contribution in [1.29, 1.82) is 0 Å². The van der Waals surface area contributed by atoms with Crippen molar-refractivity contribution < 1.29 is 14.4 Å². The van der Waals surface area contributed by atoms with Gasteiger partial charge in [0.2, 0.25) is 11.8 Å². The molecule has 2 saturated heterocycles. The van der Waals surface area contributed by atoms with Crippen molar-refractivity contribution in [3.8, 4) is 0 Å². The zero-order valence-corrected chi connectivity index (χ0v) is 21.6. The number of aryl methyl sites for hydroxylation is 1. The molecule has 3 aromatic rings. The van der Waals surface area contributed by atoms with Crippen molar-refractivity contribution in [1.82, 2.24) is 25.1 Å². The number of hydrogen-bond acceptors (Lipinski definition) is 4. The normalized spacial score (nSPS) is 19.9. The zero-order valence-electron chi connectivity index (χ0n) is 21.6. The molecule has 2 aliphatic heterocycles. The molecule has 2 heterocycles. The molecule has 0 saturated carbocycles. The minimum atomic E-state index is -0.780. The molecular formula is C30H33N5O3. The molecule has 38 heavy (non-hydrogen) atoms. The summed E-state index contributed by atoms with van der Waals surface area (Å²) >= 11 is 0. The number of nitrogens with zero attached hydrogens (tertiary/aromatic N) is 4. The SMILES string of the molecule is CN1CC(=O)N2[C@@H](c3ccccc3)C(=O)N(CCCc3ccccc3)C[C@@H]2N1C(=O)NCc1ccccc1. The standard InChI is InChI=1S/C30H33N5O3/c1-32-22-27(36)34-26(35(32)30(38)31-20-24-14-7-3-8-15-24)21-33(19-11-16-23-12-5-2-6-13-23)29(37)28(34)25-17-9-4-10-18-25/h2-10,12-15,17-18,26,28H,11,16,19-22H2,1H3,(H,31,38)/t26-,28-/m0/s1. The Hall–Kier alpha value is -4.17. The first-order chi connectivity index (χ1) is 18.5. The fraction of sp³-hybridized carbons (Fsp3) is 0.300. The topological polar surface area (TPSA) is 76.2 Å². The Morgan fingerprint density at radius 2 is 1.47 bits per heavy atom. The third-order valence-corrected chi connectivity index (χ3v) is 7.18. The smallest absolute Gasteiger partial charge is 0.334 e. The Labute approximate surface area is 223 Å². The Morgan fingerprint density at radius 1 is 0.868 bits per heavy atom. The fourth-order valence-corrected chi connectivity index (χ4v) is 5.33. The molecule has 0 aliphatic carbocycles. The molecule has 2 aliphatic rings. The second-order valence-corrected chi connectivity index (χ2v) is 9.77. The Bertz CT molecular complexity index is 1250. The molecule has 3 aromatic carbocycles. The summed E-state index contributed by atoms with van der Waals surface area (Å²) in [5, 5.41) is 6.25. The summed E-state index contributed by atoms with van der Waals surface area (Å²) in [6.45, 7) is 1.18. The molecule has 0 unspecified atom stereocenters. The van der Waals surface area contributed by atoms with Crippen molar-refractivity contribution >= 4 is 17.8 Å². The van der Waals surface area contributed by atoms with E-state index in [-0.39, 0.29) is 30.9 Å². The highest BCUT2D eigenvalue weighted by Gasteiger charge is 2.51. The van der Waals surface area contributed by atoms with Gasteiger partial charge in [0, 0.05) is 20.1 Å². The van der Waals surface area contributed by atoms with Gasteiger partial charge in [-0.25, -0.2) is 14.8 Å². The molecule has 8 heteroatoms. The molecule has 4 amide bonds. The maximum atomic E-state index is 13.8. The molecule has 196 valence electrons. The molecule has 2 atom stereocenters. The molecular weight excluding hydrogens is 478 g/mol. The number of amides is 4. The summed E-state index contributed by atoms with van der Waals surface area (Å²) in [5.74, 6) is -0.279. The lowest BCUT2D eigenvalue weighted by atomic mass is 9.98. The molecule has 1 N–H and O–H groups in total. The number of nitrogens with one attached hydrogen (secondary N) is 1. The summed E-state index contributed by atoms with van der Waals surface area (Å²) in [6.07, 6.45) is 1.01. The van der Waals surface area contributed by atoms with Gasteiger partial charge in [-0.2, -0.15) is 0 Å². The van der Waals surface area contributed by atoms with Gasteiger partial charge in [-0.3, -0.25) is 9.59 Å². The van der Waals surface area contributed by atoms with E-state index in [2.05, 4.69) is 17.4 Å². The average molecular weight is 512 g/mol. The van der Waals surface area contributed by atoms with Crippen molar-refractivity contribution in [2.75, 3.05) is 26.7 Å². The van der Waals surface area contributed by atoms with Crippen LogP contribution in [0.4, 0.5) is 4.79 Å². The van der Waals surface area contributed by atoms with Crippen LogP contribution in [0.5, 0.6) is 0 Å². The molecule has 0 aromatic heterocycles. The van der Waals surface area contributed by atoms with Crippen LogP contribution in [0.3, 0.4) is 0 Å². The van der Waals surface area contributed by atoms with Crippen LogP contribution in [0.2, 0.25) is 0 Å². The van der Waals surface area contributed by atoms with Gasteiger partial charge in [-0.1, -0.05) is 91.0 Å². The van der Waals surface area contributed by atoms with Gasteiger partial charge in [-0.05, 0) is 29.5 Å². The van der Waals surface area contributed by atoms with Crippen molar-refractivity contribution in [2.45, 2.75) is 31.6 Å². The lowest BCUT2D eigenvalue weighted by molar-refractivity contribution is -0.187. The number of urea groups is 1. The van der Waals surface area contributed by atoms with E-state index in [1.54, 1.807) is 22.0 Å². The number of rotatable bonds is 7. The van der Waals surface area contributed by atoms with E-state index in [9.17, 15) is 14.4 Å². The van der Waals surface area contributed by atoms with Crippen molar-refractivity contribution in [3.63, 3.8) is 0 Å². The highest BCUT2D eigenvalue weighted by molar-refractivity contribution is 5.92. The first-order valence-corrected chi connectivity index (χ1v) is 13.0. The quantitative estimate of drug-likeness (QED) is 0.528. The van der Waals surface area contributed by atoms with Crippen LogP contribution in [0.15, 0.2) is 91.0 Å². The highest BCUT2D eigenvalue weighted by Crippen LogP contribution is 2.34. The average Bonchev–Trinajstić information content (AvgIpc) is 2.94. The first kappa shape index (κ1) is 25.5. The van der Waals surface area contributed by atoms with Crippen molar-refractivity contribution in [2.24, 2.45) is 0 Å². The fourth-order valence-electron chi connectivity index (χ4n) is 5.33. The Kier molecular flexibility index (Phi) is 7.70. The number of likely N-dealkylation sites (N-methyl/N-ethyl adjacent to an activating group) is 1. The van der Waals surface area contributed by atoms with Gasteiger partial charge in [0.15, 0.2) is 0 Å². The van der Waals surface area contributed by atoms with Gasteiger partial charge >= 0.3 is 6.03 Å². The minimum Gasteiger partial charge on any atom is -0.337 e. The van der Waals surface area contributed by atoms with Crippen LogP contribution in [0, 0.1) is 0 Å². The molecule has 0 bridgehead atoms.